The van der Waals surface area contributed by atoms with Gasteiger partial charge in [-0.2, -0.15) is 13.2 Å². The number of nitrogens with zero attached hydrogens (tertiary/aromatic N) is 3. The highest BCUT2D eigenvalue weighted by molar-refractivity contribution is 6.62. The average Bonchev–Trinajstić information content (AvgIpc) is 2.97. The van der Waals surface area contributed by atoms with Gasteiger partial charge in [0, 0.05) is 12.6 Å². The Kier molecular flexibility index (Phi) is 4.00. The first-order valence-corrected chi connectivity index (χ1v) is 7.85. The van der Waals surface area contributed by atoms with Crippen molar-refractivity contribution in [3.05, 3.63) is 30.1 Å². The minimum Gasteiger partial charge on any atom is -0.399 e. The maximum absolute atomic E-state index is 12.7. The number of aryl methyl sites for hydroxylation is 1. The van der Waals surface area contributed by atoms with Gasteiger partial charge < -0.3 is 9.31 Å². The first-order valence-electron chi connectivity index (χ1n) is 7.85. The molecule has 0 atom stereocenters. The van der Waals surface area contributed by atoms with Gasteiger partial charge in [-0.05, 0) is 33.2 Å². The minimum atomic E-state index is -4.57. The summed E-state index contributed by atoms with van der Waals surface area (Å²) in [6.07, 6.45) is -4.57. The standard InChI is InChI=1S/C16H19BF3N3O2/c1-14(2)15(3,4)25-17(24-14)11-8-6-10(7-9-11)12-21-13(16(18,19)20)22-23(12)5/h6-9H,1-5H3. The Labute approximate surface area is 144 Å². The Bertz CT molecular complexity index is 769. The second-order valence-electron chi connectivity index (χ2n) is 7.09. The van der Waals surface area contributed by atoms with Gasteiger partial charge in [0.05, 0.1) is 11.2 Å². The molecule has 0 N–H and O–H groups in total. The molecule has 25 heavy (non-hydrogen) atoms. The second kappa shape index (κ2) is 5.57. The summed E-state index contributed by atoms with van der Waals surface area (Å²) in [5.74, 6) is -1.01. The van der Waals surface area contributed by atoms with E-state index in [2.05, 4.69) is 10.1 Å². The largest absolute Gasteiger partial charge is 0.494 e. The average molecular weight is 353 g/mol. The molecule has 0 radical (unpaired) electrons. The van der Waals surface area contributed by atoms with E-state index in [9.17, 15) is 13.2 Å². The van der Waals surface area contributed by atoms with E-state index in [-0.39, 0.29) is 5.82 Å². The summed E-state index contributed by atoms with van der Waals surface area (Å²) in [6.45, 7) is 7.83. The molecule has 0 amide bonds. The third kappa shape index (κ3) is 3.18. The molecule has 3 rings (SSSR count). The summed E-state index contributed by atoms with van der Waals surface area (Å²) < 4.78 is 51.3. The van der Waals surface area contributed by atoms with Crippen LogP contribution in [0.5, 0.6) is 0 Å². The van der Waals surface area contributed by atoms with E-state index in [0.29, 0.717) is 5.56 Å². The lowest BCUT2D eigenvalue weighted by molar-refractivity contribution is -0.144. The topological polar surface area (TPSA) is 49.2 Å². The third-order valence-corrected chi connectivity index (χ3v) is 4.71. The lowest BCUT2D eigenvalue weighted by atomic mass is 9.79. The van der Waals surface area contributed by atoms with Crippen molar-refractivity contribution in [1.29, 1.82) is 0 Å². The van der Waals surface area contributed by atoms with Crippen LogP contribution in [0.3, 0.4) is 0 Å². The van der Waals surface area contributed by atoms with Gasteiger partial charge in [-0.1, -0.05) is 24.3 Å². The highest BCUT2D eigenvalue weighted by Crippen LogP contribution is 2.36. The fraction of sp³-hybridized carbons (Fsp3) is 0.500. The van der Waals surface area contributed by atoms with Crippen LogP contribution in [0.4, 0.5) is 13.2 Å². The summed E-state index contributed by atoms with van der Waals surface area (Å²) in [7, 11) is 0.906. The van der Waals surface area contributed by atoms with Crippen molar-refractivity contribution in [2.45, 2.75) is 45.1 Å². The number of aromatic nitrogens is 3. The van der Waals surface area contributed by atoms with Crippen molar-refractivity contribution in [2.24, 2.45) is 7.05 Å². The van der Waals surface area contributed by atoms with E-state index < -0.39 is 30.3 Å². The molecule has 9 heteroatoms. The molecular weight excluding hydrogens is 334 g/mol. The second-order valence-corrected chi connectivity index (χ2v) is 7.09. The number of benzene rings is 1. The molecule has 134 valence electrons. The minimum absolute atomic E-state index is 0.146. The van der Waals surface area contributed by atoms with Gasteiger partial charge in [0.25, 0.3) is 5.82 Å². The highest BCUT2D eigenvalue weighted by atomic mass is 19.4. The molecular formula is C16H19BF3N3O2. The Morgan fingerprint density at radius 1 is 1.00 bits per heavy atom. The molecule has 0 aliphatic carbocycles. The van der Waals surface area contributed by atoms with E-state index in [4.69, 9.17) is 9.31 Å². The number of alkyl halides is 3. The SMILES string of the molecule is Cn1nc(C(F)(F)F)nc1-c1ccc(B2OC(C)(C)C(C)(C)O2)cc1. The molecule has 1 aliphatic heterocycles. The zero-order chi connectivity index (χ0) is 18.6. The zero-order valence-electron chi connectivity index (χ0n) is 14.7. The van der Waals surface area contributed by atoms with Crippen LogP contribution >= 0.6 is 0 Å². The van der Waals surface area contributed by atoms with Gasteiger partial charge in [0.2, 0.25) is 0 Å². The van der Waals surface area contributed by atoms with Crippen LogP contribution in [0, 0.1) is 0 Å². The summed E-state index contributed by atoms with van der Waals surface area (Å²) >= 11 is 0. The van der Waals surface area contributed by atoms with Crippen molar-refractivity contribution in [2.75, 3.05) is 0 Å². The van der Waals surface area contributed by atoms with Gasteiger partial charge in [0.1, 0.15) is 0 Å². The monoisotopic (exact) mass is 353 g/mol. The Balaban J connectivity index is 1.86. The fourth-order valence-corrected chi connectivity index (χ4v) is 2.52. The molecule has 0 bridgehead atoms. The van der Waals surface area contributed by atoms with Gasteiger partial charge in [-0.25, -0.2) is 9.67 Å². The van der Waals surface area contributed by atoms with Crippen molar-refractivity contribution < 1.29 is 22.5 Å². The predicted octanol–water partition coefficient (Wildman–Crippen LogP) is 2.80. The van der Waals surface area contributed by atoms with Crippen LogP contribution in [0.2, 0.25) is 0 Å². The van der Waals surface area contributed by atoms with Crippen molar-refractivity contribution in [3.8, 4) is 11.4 Å². The number of hydrogen-bond acceptors (Lipinski definition) is 4. The molecule has 1 fully saturated rings. The van der Waals surface area contributed by atoms with Crippen LogP contribution in [0.25, 0.3) is 11.4 Å². The smallest absolute Gasteiger partial charge is 0.399 e. The molecule has 5 nitrogen and oxygen atoms in total. The fourth-order valence-electron chi connectivity index (χ4n) is 2.52. The van der Waals surface area contributed by atoms with Gasteiger partial charge in [-0.3, -0.25) is 0 Å². The van der Waals surface area contributed by atoms with Crippen molar-refractivity contribution in [3.63, 3.8) is 0 Å². The quantitative estimate of drug-likeness (QED) is 0.779. The van der Waals surface area contributed by atoms with E-state index in [1.54, 1.807) is 24.3 Å². The summed E-state index contributed by atoms with van der Waals surface area (Å²) in [4.78, 5) is 3.59. The number of rotatable bonds is 2. The van der Waals surface area contributed by atoms with Crippen LogP contribution in [-0.4, -0.2) is 33.1 Å². The lowest BCUT2D eigenvalue weighted by Crippen LogP contribution is -2.41. The molecule has 1 aliphatic rings. The van der Waals surface area contributed by atoms with Crippen LogP contribution in [-0.2, 0) is 22.5 Å². The highest BCUT2D eigenvalue weighted by Gasteiger charge is 2.51. The summed E-state index contributed by atoms with van der Waals surface area (Å²) in [5.41, 5.74) is 0.412. The first-order chi connectivity index (χ1) is 11.4. The van der Waals surface area contributed by atoms with Gasteiger partial charge >= 0.3 is 13.3 Å². The van der Waals surface area contributed by atoms with E-state index in [1.807, 2.05) is 27.7 Å². The molecule has 0 saturated carbocycles. The molecule has 2 heterocycles. The maximum atomic E-state index is 12.7. The number of hydrogen-bond donors (Lipinski definition) is 0. The molecule has 2 aromatic rings. The van der Waals surface area contributed by atoms with E-state index in [0.717, 1.165) is 10.1 Å². The third-order valence-electron chi connectivity index (χ3n) is 4.71. The lowest BCUT2D eigenvalue weighted by Gasteiger charge is -2.32. The van der Waals surface area contributed by atoms with Gasteiger partial charge in [0.15, 0.2) is 5.82 Å². The molecule has 0 spiro atoms. The summed E-state index contributed by atoms with van der Waals surface area (Å²) in [6, 6.07) is 6.90. The van der Waals surface area contributed by atoms with Crippen LogP contribution in [0.15, 0.2) is 24.3 Å². The maximum Gasteiger partial charge on any atom is 0.494 e. The van der Waals surface area contributed by atoms with Crippen LogP contribution in [0.1, 0.15) is 33.5 Å². The molecule has 1 aromatic heterocycles. The Hall–Kier alpha value is -1.87. The summed E-state index contributed by atoms with van der Waals surface area (Å²) in [5, 5.41) is 3.43. The first kappa shape index (κ1) is 17.9. The number of halogens is 3. The Morgan fingerprint density at radius 2 is 1.52 bits per heavy atom. The Morgan fingerprint density at radius 3 is 1.96 bits per heavy atom. The molecule has 0 unspecified atom stereocenters. The predicted molar refractivity (Wildman–Crippen MR) is 87.2 cm³/mol. The van der Waals surface area contributed by atoms with E-state index in [1.165, 1.54) is 7.05 Å². The van der Waals surface area contributed by atoms with Gasteiger partial charge in [-0.15, -0.1) is 5.10 Å². The van der Waals surface area contributed by atoms with E-state index >= 15 is 0 Å². The molecule has 1 saturated heterocycles. The van der Waals surface area contributed by atoms with Crippen molar-refractivity contribution in [1.82, 2.24) is 14.8 Å². The normalized spacial score (nSPS) is 19.4. The van der Waals surface area contributed by atoms with Crippen molar-refractivity contribution >= 4 is 12.6 Å². The molecule has 1 aromatic carbocycles. The zero-order valence-corrected chi connectivity index (χ0v) is 14.7. The van der Waals surface area contributed by atoms with Crippen LogP contribution < -0.4 is 5.46 Å².